The lowest BCUT2D eigenvalue weighted by Crippen LogP contribution is -2.40. The van der Waals surface area contributed by atoms with Gasteiger partial charge in [-0.3, -0.25) is 4.79 Å². The molecular formula is C21H27N3O3. The largest absolute Gasteiger partial charge is 0.449 e. The van der Waals surface area contributed by atoms with Crippen LogP contribution < -0.4 is 0 Å². The lowest BCUT2D eigenvalue weighted by molar-refractivity contribution is -0.139. The van der Waals surface area contributed by atoms with Crippen molar-refractivity contribution in [3.8, 4) is 5.69 Å². The van der Waals surface area contributed by atoms with E-state index in [1.54, 1.807) is 18.5 Å². The predicted molar refractivity (Wildman–Crippen MR) is 103 cm³/mol. The van der Waals surface area contributed by atoms with Crippen molar-refractivity contribution in [3.05, 3.63) is 47.3 Å². The maximum absolute atomic E-state index is 12.8. The lowest BCUT2D eigenvalue weighted by Gasteiger charge is -2.24. The molecule has 2 heterocycles. The summed E-state index contributed by atoms with van der Waals surface area (Å²) in [4.78, 5) is 27.2. The van der Waals surface area contributed by atoms with Crippen molar-refractivity contribution in [3.63, 3.8) is 0 Å². The quantitative estimate of drug-likeness (QED) is 0.775. The van der Waals surface area contributed by atoms with Crippen LogP contribution in [0.15, 0.2) is 30.3 Å². The summed E-state index contributed by atoms with van der Waals surface area (Å²) in [5.74, 6) is -0.612. The normalized spacial score (nSPS) is 15.9. The Morgan fingerprint density at radius 1 is 1.04 bits per heavy atom. The number of aryl methyl sites for hydroxylation is 1. The smallest absolute Gasteiger partial charge is 0.342 e. The molecule has 1 aliphatic rings. The second-order valence-corrected chi connectivity index (χ2v) is 7.08. The number of hydrogen-bond acceptors (Lipinski definition) is 4. The average Bonchev–Trinajstić information content (AvgIpc) is 2.83. The van der Waals surface area contributed by atoms with Crippen LogP contribution in [0.1, 0.15) is 54.4 Å². The molecule has 0 bridgehead atoms. The molecule has 1 amide bonds. The maximum atomic E-state index is 12.8. The SMILES string of the molecule is Cc1nn(-c2ccccc2)c(C)c1C(=O)OC(C)C(=O)N1CCCCCC1. The van der Waals surface area contributed by atoms with Crippen LogP contribution in [0.5, 0.6) is 0 Å². The minimum absolute atomic E-state index is 0.115. The lowest BCUT2D eigenvalue weighted by atomic mass is 10.2. The van der Waals surface area contributed by atoms with E-state index in [2.05, 4.69) is 5.10 Å². The Bertz CT molecular complexity index is 806. The topological polar surface area (TPSA) is 64.4 Å². The molecule has 0 aliphatic carbocycles. The zero-order valence-corrected chi connectivity index (χ0v) is 16.3. The molecule has 1 aromatic carbocycles. The number of aromatic nitrogens is 2. The van der Waals surface area contributed by atoms with Gasteiger partial charge in [-0.05, 0) is 45.7 Å². The summed E-state index contributed by atoms with van der Waals surface area (Å²) in [6.45, 7) is 6.75. The molecule has 1 aromatic heterocycles. The zero-order chi connectivity index (χ0) is 19.4. The molecule has 0 N–H and O–H groups in total. The molecule has 1 fully saturated rings. The number of hydrogen-bond donors (Lipinski definition) is 0. The number of para-hydroxylation sites is 1. The molecule has 2 aromatic rings. The summed E-state index contributed by atoms with van der Waals surface area (Å²) in [6, 6.07) is 9.64. The van der Waals surface area contributed by atoms with E-state index in [-0.39, 0.29) is 5.91 Å². The van der Waals surface area contributed by atoms with Gasteiger partial charge in [-0.2, -0.15) is 5.10 Å². The van der Waals surface area contributed by atoms with Crippen LogP contribution in [-0.4, -0.2) is 45.8 Å². The van der Waals surface area contributed by atoms with Gasteiger partial charge in [0.25, 0.3) is 5.91 Å². The molecule has 1 atom stereocenters. The molecule has 1 aliphatic heterocycles. The van der Waals surface area contributed by atoms with Gasteiger partial charge in [0.1, 0.15) is 5.56 Å². The Morgan fingerprint density at radius 3 is 2.30 bits per heavy atom. The fraction of sp³-hybridized carbons (Fsp3) is 0.476. The minimum Gasteiger partial charge on any atom is -0.449 e. The number of rotatable bonds is 4. The fourth-order valence-electron chi connectivity index (χ4n) is 3.58. The van der Waals surface area contributed by atoms with Crippen LogP contribution in [0.25, 0.3) is 5.69 Å². The van der Waals surface area contributed by atoms with Gasteiger partial charge in [0.2, 0.25) is 0 Å². The van der Waals surface area contributed by atoms with Crippen LogP contribution in [-0.2, 0) is 9.53 Å². The predicted octanol–water partition coefficient (Wildman–Crippen LogP) is 3.44. The van der Waals surface area contributed by atoms with Crippen LogP contribution >= 0.6 is 0 Å². The summed E-state index contributed by atoms with van der Waals surface area (Å²) in [5.41, 5.74) is 2.61. The van der Waals surface area contributed by atoms with E-state index >= 15 is 0 Å². The van der Waals surface area contributed by atoms with E-state index in [4.69, 9.17) is 4.74 Å². The van der Waals surface area contributed by atoms with Crippen LogP contribution in [0, 0.1) is 13.8 Å². The third-order valence-electron chi connectivity index (χ3n) is 5.05. The molecule has 144 valence electrons. The number of amides is 1. The van der Waals surface area contributed by atoms with Crippen molar-refractivity contribution in [1.29, 1.82) is 0 Å². The Kier molecular flexibility index (Phi) is 5.94. The summed E-state index contributed by atoms with van der Waals surface area (Å²) < 4.78 is 7.25. The van der Waals surface area contributed by atoms with Crippen molar-refractivity contribution in [2.24, 2.45) is 0 Å². The highest BCUT2D eigenvalue weighted by Crippen LogP contribution is 2.20. The van der Waals surface area contributed by atoms with E-state index in [0.717, 1.165) is 44.5 Å². The second kappa shape index (κ2) is 8.37. The molecule has 1 saturated heterocycles. The molecule has 6 heteroatoms. The molecule has 6 nitrogen and oxygen atoms in total. The minimum atomic E-state index is -0.797. The molecule has 0 spiro atoms. The highest BCUT2D eigenvalue weighted by molar-refractivity contribution is 5.94. The Balaban J connectivity index is 1.74. The van der Waals surface area contributed by atoms with Crippen LogP contribution in [0.3, 0.4) is 0 Å². The Labute approximate surface area is 160 Å². The van der Waals surface area contributed by atoms with Crippen molar-refractivity contribution >= 4 is 11.9 Å². The van der Waals surface area contributed by atoms with Gasteiger partial charge in [-0.15, -0.1) is 0 Å². The fourth-order valence-corrected chi connectivity index (χ4v) is 3.58. The van der Waals surface area contributed by atoms with Gasteiger partial charge in [-0.1, -0.05) is 31.0 Å². The number of carbonyl (C=O) groups is 2. The molecule has 27 heavy (non-hydrogen) atoms. The third-order valence-corrected chi connectivity index (χ3v) is 5.05. The average molecular weight is 369 g/mol. The highest BCUT2D eigenvalue weighted by Gasteiger charge is 2.28. The summed E-state index contributed by atoms with van der Waals surface area (Å²) >= 11 is 0. The van der Waals surface area contributed by atoms with Crippen LogP contribution in [0.4, 0.5) is 0 Å². The first-order valence-corrected chi connectivity index (χ1v) is 9.60. The Hall–Kier alpha value is -2.63. The van der Waals surface area contributed by atoms with Crippen molar-refractivity contribution in [2.75, 3.05) is 13.1 Å². The third kappa shape index (κ3) is 4.21. The van der Waals surface area contributed by atoms with E-state index in [9.17, 15) is 9.59 Å². The maximum Gasteiger partial charge on any atom is 0.342 e. The number of likely N-dealkylation sites (tertiary alicyclic amines) is 1. The van der Waals surface area contributed by atoms with Gasteiger partial charge in [0.05, 0.1) is 17.1 Å². The molecule has 3 rings (SSSR count). The summed E-state index contributed by atoms with van der Waals surface area (Å²) in [6.07, 6.45) is 3.52. The molecular weight excluding hydrogens is 342 g/mol. The first-order chi connectivity index (χ1) is 13.0. The highest BCUT2D eigenvalue weighted by atomic mass is 16.5. The van der Waals surface area contributed by atoms with Gasteiger partial charge in [0, 0.05) is 13.1 Å². The first-order valence-electron chi connectivity index (χ1n) is 9.60. The summed E-state index contributed by atoms with van der Waals surface area (Å²) in [7, 11) is 0. The second-order valence-electron chi connectivity index (χ2n) is 7.08. The van der Waals surface area contributed by atoms with E-state index in [0.29, 0.717) is 17.0 Å². The van der Waals surface area contributed by atoms with E-state index in [1.165, 1.54) is 0 Å². The molecule has 0 saturated carbocycles. The van der Waals surface area contributed by atoms with E-state index < -0.39 is 12.1 Å². The number of ether oxygens (including phenoxy) is 1. The van der Waals surface area contributed by atoms with Crippen molar-refractivity contribution in [2.45, 2.75) is 52.6 Å². The number of benzene rings is 1. The first kappa shape index (κ1) is 19.1. The number of esters is 1. The van der Waals surface area contributed by atoms with Gasteiger partial charge < -0.3 is 9.64 Å². The standard InChI is InChI=1S/C21H27N3O3/c1-15-19(16(2)24(22-15)18-11-7-6-8-12-18)21(26)27-17(3)20(25)23-13-9-4-5-10-14-23/h6-8,11-12,17H,4-5,9-10,13-14H2,1-3H3. The van der Waals surface area contributed by atoms with Gasteiger partial charge >= 0.3 is 5.97 Å². The summed E-state index contributed by atoms with van der Waals surface area (Å²) in [5, 5.41) is 4.48. The van der Waals surface area contributed by atoms with E-state index in [1.807, 2.05) is 42.2 Å². The van der Waals surface area contributed by atoms with Crippen LogP contribution in [0.2, 0.25) is 0 Å². The number of nitrogens with zero attached hydrogens (tertiary/aromatic N) is 3. The molecule has 1 unspecified atom stereocenters. The Morgan fingerprint density at radius 2 is 1.67 bits per heavy atom. The van der Waals surface area contributed by atoms with Gasteiger partial charge in [-0.25, -0.2) is 9.48 Å². The number of carbonyl (C=O) groups excluding carboxylic acids is 2. The zero-order valence-electron chi connectivity index (χ0n) is 16.3. The van der Waals surface area contributed by atoms with Crippen molar-refractivity contribution < 1.29 is 14.3 Å². The monoisotopic (exact) mass is 369 g/mol. The molecule has 0 radical (unpaired) electrons. The van der Waals surface area contributed by atoms with Crippen molar-refractivity contribution in [1.82, 2.24) is 14.7 Å². The van der Waals surface area contributed by atoms with Gasteiger partial charge in [0.15, 0.2) is 6.10 Å².